The van der Waals surface area contributed by atoms with E-state index in [9.17, 15) is 0 Å². The molecule has 1 atom stereocenters. The molecular formula is C18H22N2. The SMILES string of the molecule is CNC(c1ccc(N)cc1)c1ccc2c(c1)CCCC2. The Morgan fingerprint density at radius 2 is 1.55 bits per heavy atom. The standard InChI is InChI=1S/C18H22N2/c1-20-18(14-8-10-17(19)11-9-14)16-7-6-13-4-2-3-5-15(13)12-16/h6-12,18,20H,2-5,19H2,1H3. The second kappa shape index (κ2) is 5.68. The van der Waals surface area contributed by atoms with Crippen molar-refractivity contribution in [3.05, 3.63) is 64.7 Å². The lowest BCUT2D eigenvalue weighted by atomic mass is 9.88. The van der Waals surface area contributed by atoms with Gasteiger partial charge in [0.2, 0.25) is 0 Å². The highest BCUT2D eigenvalue weighted by atomic mass is 14.9. The minimum Gasteiger partial charge on any atom is -0.399 e. The molecule has 1 aliphatic rings. The van der Waals surface area contributed by atoms with Gasteiger partial charge in [0, 0.05) is 5.69 Å². The summed E-state index contributed by atoms with van der Waals surface area (Å²) >= 11 is 0. The van der Waals surface area contributed by atoms with Gasteiger partial charge < -0.3 is 11.1 Å². The molecule has 0 spiro atoms. The fourth-order valence-corrected chi connectivity index (χ4v) is 3.15. The molecular weight excluding hydrogens is 244 g/mol. The van der Waals surface area contributed by atoms with Crippen molar-refractivity contribution in [2.24, 2.45) is 0 Å². The molecule has 0 aromatic heterocycles. The molecule has 3 N–H and O–H groups in total. The maximum atomic E-state index is 5.78. The Kier molecular flexibility index (Phi) is 3.75. The average molecular weight is 266 g/mol. The summed E-state index contributed by atoms with van der Waals surface area (Å²) in [5.41, 5.74) is 12.3. The van der Waals surface area contributed by atoms with Crippen LogP contribution in [0.5, 0.6) is 0 Å². The van der Waals surface area contributed by atoms with Gasteiger partial charge in [-0.15, -0.1) is 0 Å². The number of rotatable bonds is 3. The number of aryl methyl sites for hydroxylation is 2. The summed E-state index contributed by atoms with van der Waals surface area (Å²) in [6, 6.07) is 15.4. The first kappa shape index (κ1) is 13.2. The van der Waals surface area contributed by atoms with Gasteiger partial charge in [-0.05, 0) is 67.1 Å². The van der Waals surface area contributed by atoms with Crippen molar-refractivity contribution < 1.29 is 0 Å². The van der Waals surface area contributed by atoms with E-state index in [4.69, 9.17) is 5.73 Å². The molecule has 1 aliphatic carbocycles. The number of fused-ring (bicyclic) bond motifs is 1. The maximum absolute atomic E-state index is 5.78. The molecule has 2 heteroatoms. The van der Waals surface area contributed by atoms with Crippen molar-refractivity contribution in [2.45, 2.75) is 31.7 Å². The van der Waals surface area contributed by atoms with Crippen LogP contribution >= 0.6 is 0 Å². The Morgan fingerprint density at radius 1 is 0.900 bits per heavy atom. The summed E-state index contributed by atoms with van der Waals surface area (Å²) in [4.78, 5) is 0. The number of nitrogens with two attached hydrogens (primary N) is 1. The molecule has 0 saturated heterocycles. The highest BCUT2D eigenvalue weighted by Crippen LogP contribution is 2.28. The topological polar surface area (TPSA) is 38.0 Å². The van der Waals surface area contributed by atoms with Gasteiger partial charge in [-0.1, -0.05) is 30.3 Å². The van der Waals surface area contributed by atoms with E-state index in [1.165, 1.54) is 47.9 Å². The van der Waals surface area contributed by atoms with E-state index in [2.05, 4.69) is 35.6 Å². The molecule has 0 aliphatic heterocycles. The van der Waals surface area contributed by atoms with Crippen LogP contribution in [-0.4, -0.2) is 7.05 Å². The van der Waals surface area contributed by atoms with Crippen molar-refractivity contribution in [1.82, 2.24) is 5.32 Å². The highest BCUT2D eigenvalue weighted by molar-refractivity contribution is 5.44. The van der Waals surface area contributed by atoms with E-state index >= 15 is 0 Å². The normalized spacial score (nSPS) is 15.7. The number of hydrogen-bond donors (Lipinski definition) is 2. The molecule has 0 fully saturated rings. The van der Waals surface area contributed by atoms with Gasteiger partial charge in [0.1, 0.15) is 0 Å². The minimum absolute atomic E-state index is 0.239. The Bertz CT molecular complexity index is 587. The zero-order valence-corrected chi connectivity index (χ0v) is 12.0. The highest BCUT2D eigenvalue weighted by Gasteiger charge is 2.15. The van der Waals surface area contributed by atoms with Gasteiger partial charge in [0.25, 0.3) is 0 Å². The van der Waals surface area contributed by atoms with Crippen LogP contribution in [0.4, 0.5) is 5.69 Å². The summed E-state index contributed by atoms with van der Waals surface area (Å²) < 4.78 is 0. The Morgan fingerprint density at radius 3 is 2.25 bits per heavy atom. The molecule has 0 amide bonds. The van der Waals surface area contributed by atoms with Crippen molar-refractivity contribution in [2.75, 3.05) is 12.8 Å². The van der Waals surface area contributed by atoms with E-state index in [0.717, 1.165) is 5.69 Å². The second-order valence-electron chi connectivity index (χ2n) is 5.62. The van der Waals surface area contributed by atoms with Crippen molar-refractivity contribution in [3.8, 4) is 0 Å². The maximum Gasteiger partial charge on any atom is 0.0574 e. The summed E-state index contributed by atoms with van der Waals surface area (Å²) in [6.45, 7) is 0. The molecule has 3 rings (SSSR count). The van der Waals surface area contributed by atoms with Crippen molar-refractivity contribution in [1.29, 1.82) is 0 Å². The molecule has 0 radical (unpaired) electrons. The number of nitrogens with one attached hydrogen (secondary N) is 1. The van der Waals surface area contributed by atoms with Gasteiger partial charge in [-0.2, -0.15) is 0 Å². The van der Waals surface area contributed by atoms with Crippen LogP contribution in [0.25, 0.3) is 0 Å². The number of hydrogen-bond acceptors (Lipinski definition) is 2. The van der Waals surface area contributed by atoms with Crippen LogP contribution in [0, 0.1) is 0 Å². The Balaban J connectivity index is 1.94. The van der Waals surface area contributed by atoms with Crippen molar-refractivity contribution in [3.63, 3.8) is 0 Å². The number of anilines is 1. The van der Waals surface area contributed by atoms with Gasteiger partial charge in [-0.3, -0.25) is 0 Å². The molecule has 0 bridgehead atoms. The lowest BCUT2D eigenvalue weighted by molar-refractivity contribution is 0.668. The van der Waals surface area contributed by atoms with Crippen LogP contribution in [0.15, 0.2) is 42.5 Å². The number of benzene rings is 2. The van der Waals surface area contributed by atoms with Crippen LogP contribution < -0.4 is 11.1 Å². The molecule has 0 saturated carbocycles. The lowest BCUT2D eigenvalue weighted by Gasteiger charge is -2.21. The van der Waals surface area contributed by atoms with E-state index in [0.29, 0.717) is 0 Å². The molecule has 2 aromatic carbocycles. The number of nitrogen functional groups attached to an aromatic ring is 1. The minimum atomic E-state index is 0.239. The molecule has 0 heterocycles. The molecule has 2 nitrogen and oxygen atoms in total. The largest absolute Gasteiger partial charge is 0.399 e. The first-order valence-electron chi connectivity index (χ1n) is 7.42. The smallest absolute Gasteiger partial charge is 0.0574 e. The zero-order valence-electron chi connectivity index (χ0n) is 12.0. The summed E-state index contributed by atoms with van der Waals surface area (Å²) in [7, 11) is 2.01. The van der Waals surface area contributed by atoms with E-state index < -0.39 is 0 Å². The van der Waals surface area contributed by atoms with Crippen LogP contribution in [0.1, 0.15) is 41.1 Å². The van der Waals surface area contributed by atoms with Gasteiger partial charge in [0.05, 0.1) is 6.04 Å². The Labute approximate surface area is 121 Å². The van der Waals surface area contributed by atoms with Crippen LogP contribution in [-0.2, 0) is 12.8 Å². The predicted molar refractivity (Wildman–Crippen MR) is 84.8 cm³/mol. The lowest BCUT2D eigenvalue weighted by Crippen LogP contribution is -2.18. The van der Waals surface area contributed by atoms with Gasteiger partial charge in [-0.25, -0.2) is 0 Å². The average Bonchev–Trinajstić information content (AvgIpc) is 2.50. The molecule has 1 unspecified atom stereocenters. The van der Waals surface area contributed by atoms with E-state index in [-0.39, 0.29) is 6.04 Å². The molecule has 20 heavy (non-hydrogen) atoms. The molecule has 2 aromatic rings. The summed E-state index contributed by atoms with van der Waals surface area (Å²) in [6.07, 6.45) is 5.12. The third kappa shape index (κ3) is 2.56. The van der Waals surface area contributed by atoms with E-state index in [1.54, 1.807) is 0 Å². The van der Waals surface area contributed by atoms with Crippen molar-refractivity contribution >= 4 is 5.69 Å². The summed E-state index contributed by atoms with van der Waals surface area (Å²) in [5.74, 6) is 0. The monoisotopic (exact) mass is 266 g/mol. The summed E-state index contributed by atoms with van der Waals surface area (Å²) in [5, 5.41) is 3.42. The van der Waals surface area contributed by atoms with Gasteiger partial charge >= 0.3 is 0 Å². The van der Waals surface area contributed by atoms with Crippen LogP contribution in [0.2, 0.25) is 0 Å². The third-order valence-electron chi connectivity index (χ3n) is 4.26. The molecule has 104 valence electrons. The first-order valence-corrected chi connectivity index (χ1v) is 7.42. The van der Waals surface area contributed by atoms with E-state index in [1.807, 2.05) is 19.2 Å². The second-order valence-corrected chi connectivity index (χ2v) is 5.62. The zero-order chi connectivity index (χ0) is 13.9. The fourth-order valence-electron chi connectivity index (χ4n) is 3.15. The quantitative estimate of drug-likeness (QED) is 0.835. The Hall–Kier alpha value is -1.80. The predicted octanol–water partition coefficient (Wildman–Crippen LogP) is 3.46. The van der Waals surface area contributed by atoms with Gasteiger partial charge in [0.15, 0.2) is 0 Å². The van der Waals surface area contributed by atoms with Crippen LogP contribution in [0.3, 0.4) is 0 Å². The third-order valence-corrected chi connectivity index (χ3v) is 4.26. The fraction of sp³-hybridized carbons (Fsp3) is 0.333. The first-order chi connectivity index (χ1) is 9.78.